The molecule has 2 aromatic carbocycles. The third-order valence-corrected chi connectivity index (χ3v) is 6.45. The number of hydrogen-bond acceptors (Lipinski definition) is 8. The Bertz CT molecular complexity index is 1450. The predicted molar refractivity (Wildman–Crippen MR) is 125 cm³/mol. The number of aromatic nitrogens is 1. The van der Waals surface area contributed by atoms with Crippen molar-refractivity contribution in [3.63, 3.8) is 0 Å². The Morgan fingerprint density at radius 3 is 2.41 bits per heavy atom. The van der Waals surface area contributed by atoms with E-state index in [1.165, 1.54) is 30.5 Å². The molecule has 0 saturated carbocycles. The van der Waals surface area contributed by atoms with Gasteiger partial charge in [-0.2, -0.15) is 0 Å². The maximum absolute atomic E-state index is 12.9. The second kappa shape index (κ2) is 10.5. The first kappa shape index (κ1) is 27.5. The zero-order valence-corrected chi connectivity index (χ0v) is 20.6. The number of hydrogen-bond donors (Lipinski definition) is 5. The molecule has 2 amide bonds. The highest BCUT2D eigenvalue weighted by Gasteiger charge is 2.33. The molecular weight excluding hydrogens is 589 g/mol. The number of pyridine rings is 1. The maximum atomic E-state index is 12.9. The molecule has 0 saturated heterocycles. The third-order valence-electron chi connectivity index (χ3n) is 4.56. The number of phenolic OH excluding ortho intramolecular Hbond substituents is 2. The number of anilines is 1. The van der Waals surface area contributed by atoms with Gasteiger partial charge in [-0.25, -0.2) is 8.42 Å². The molecule has 1 aromatic heterocycles. The summed E-state index contributed by atoms with van der Waals surface area (Å²) >= 11 is 3.02. The van der Waals surface area contributed by atoms with Gasteiger partial charge >= 0.3 is 6.36 Å². The first-order chi connectivity index (χ1) is 17.2. The molecule has 1 heterocycles. The van der Waals surface area contributed by atoms with E-state index in [0.717, 1.165) is 12.1 Å². The number of alkyl halides is 3. The van der Waals surface area contributed by atoms with Crippen molar-refractivity contribution < 1.29 is 46.1 Å². The number of carbonyl (C=O) groups excluding carboxylic acids is 2. The van der Waals surface area contributed by atoms with Crippen molar-refractivity contribution in [2.45, 2.75) is 17.3 Å². The third kappa shape index (κ3) is 6.79. The number of nitrogens with one attached hydrogen (secondary N) is 2. The summed E-state index contributed by atoms with van der Waals surface area (Å²) in [6.45, 7) is 0. The lowest BCUT2D eigenvalue weighted by atomic mass is 10.1. The van der Waals surface area contributed by atoms with Crippen molar-refractivity contribution in [1.29, 1.82) is 0 Å². The highest BCUT2D eigenvalue weighted by molar-refractivity contribution is 9.10. The molecule has 11 nitrogen and oxygen atoms in total. The van der Waals surface area contributed by atoms with Gasteiger partial charge in [0.1, 0.15) is 16.4 Å². The zero-order chi connectivity index (χ0) is 27.5. The van der Waals surface area contributed by atoms with Crippen LogP contribution in [0.1, 0.15) is 22.1 Å². The number of nitrogens with two attached hydrogens (primary N) is 1. The normalized spacial score (nSPS) is 12.4. The van der Waals surface area contributed by atoms with Gasteiger partial charge in [-0.05, 0) is 36.4 Å². The number of rotatable bonds is 8. The molecule has 0 fully saturated rings. The van der Waals surface area contributed by atoms with Crippen molar-refractivity contribution in [2.75, 3.05) is 4.72 Å². The largest absolute Gasteiger partial charge is 0.573 e. The first-order valence-electron chi connectivity index (χ1n) is 9.83. The molecule has 0 aliphatic rings. The highest BCUT2D eigenvalue weighted by Crippen LogP contribution is 2.37. The molecule has 16 heteroatoms. The van der Waals surface area contributed by atoms with Crippen LogP contribution in [0.3, 0.4) is 0 Å². The van der Waals surface area contributed by atoms with Crippen LogP contribution in [0.15, 0.2) is 64.1 Å². The number of sulfonamides is 1. The monoisotopic (exact) mass is 604 g/mol. The summed E-state index contributed by atoms with van der Waals surface area (Å²) in [6.07, 6.45) is -3.97. The van der Waals surface area contributed by atoms with Crippen LogP contribution in [0.25, 0.3) is 0 Å². The van der Waals surface area contributed by atoms with Gasteiger partial charge in [0.2, 0.25) is 5.91 Å². The summed E-state index contributed by atoms with van der Waals surface area (Å²) in [5.74, 6) is -5.31. The first-order valence-corrected chi connectivity index (χ1v) is 12.1. The molecule has 0 spiro atoms. The Balaban J connectivity index is 2.07. The van der Waals surface area contributed by atoms with Gasteiger partial charge in [0.15, 0.2) is 11.8 Å². The second-order valence-electron chi connectivity index (χ2n) is 7.20. The van der Waals surface area contributed by atoms with E-state index in [1.54, 1.807) is 0 Å². The number of nitrogens with zero attached hydrogens (tertiary/aromatic N) is 1. The van der Waals surface area contributed by atoms with E-state index in [9.17, 15) is 41.4 Å². The van der Waals surface area contributed by atoms with E-state index < -0.39 is 67.6 Å². The Hall–Kier alpha value is -4.05. The minimum atomic E-state index is -5.26. The average molecular weight is 605 g/mol. The quantitative estimate of drug-likeness (QED) is 0.243. The molecule has 0 bridgehead atoms. The number of primary amides is 1. The van der Waals surface area contributed by atoms with E-state index in [2.05, 4.69) is 31.0 Å². The molecular formula is C21H16BrF3N4O7S. The minimum Gasteiger partial charge on any atom is -0.507 e. The predicted octanol–water partition coefficient (Wildman–Crippen LogP) is 2.91. The molecule has 1 unspecified atom stereocenters. The van der Waals surface area contributed by atoms with E-state index in [0.29, 0.717) is 12.1 Å². The molecule has 196 valence electrons. The summed E-state index contributed by atoms with van der Waals surface area (Å²) < 4.78 is 70.2. The van der Waals surface area contributed by atoms with Crippen molar-refractivity contribution in [1.82, 2.24) is 10.3 Å². The van der Waals surface area contributed by atoms with Crippen molar-refractivity contribution >= 4 is 43.5 Å². The van der Waals surface area contributed by atoms with E-state index in [-0.39, 0.29) is 10.2 Å². The van der Waals surface area contributed by atoms with Crippen molar-refractivity contribution in [2.24, 2.45) is 5.73 Å². The van der Waals surface area contributed by atoms with Crippen molar-refractivity contribution in [3.05, 3.63) is 70.5 Å². The second-order valence-corrected chi connectivity index (χ2v) is 9.76. The molecule has 37 heavy (non-hydrogen) atoms. The molecule has 0 radical (unpaired) electrons. The van der Waals surface area contributed by atoms with Gasteiger partial charge in [-0.1, -0.05) is 22.0 Å². The summed E-state index contributed by atoms with van der Waals surface area (Å²) in [4.78, 5) is 28.0. The van der Waals surface area contributed by atoms with Crippen LogP contribution >= 0.6 is 15.9 Å². The summed E-state index contributed by atoms with van der Waals surface area (Å²) in [7, 11) is -4.71. The number of aromatic hydroxyl groups is 2. The topological polar surface area (TPSA) is 181 Å². The van der Waals surface area contributed by atoms with Gasteiger partial charge in [-0.3, -0.25) is 19.3 Å². The lowest BCUT2D eigenvalue weighted by Crippen LogP contribution is -2.38. The number of carbonyl (C=O) groups is 2. The fraction of sp³-hybridized carbons (Fsp3) is 0.0952. The number of benzene rings is 2. The highest BCUT2D eigenvalue weighted by atomic mass is 79.9. The SMILES string of the molecule is NC(=O)C(NC(=O)c1cc(OC(F)(F)F)cc(NS(=O)(=O)c2cc(Br)ccc2O)c1O)c1ccccn1. The van der Waals surface area contributed by atoms with Crippen LogP contribution in [0.2, 0.25) is 0 Å². The molecule has 6 N–H and O–H groups in total. The van der Waals surface area contributed by atoms with Gasteiger partial charge < -0.3 is 26.0 Å². The number of ether oxygens (including phenoxy) is 1. The van der Waals surface area contributed by atoms with E-state index >= 15 is 0 Å². The number of amides is 2. The summed E-state index contributed by atoms with van der Waals surface area (Å²) in [6, 6.07) is 7.05. The lowest BCUT2D eigenvalue weighted by molar-refractivity contribution is -0.274. The smallest absolute Gasteiger partial charge is 0.507 e. The van der Waals surface area contributed by atoms with Gasteiger partial charge in [0.05, 0.1) is 16.9 Å². The van der Waals surface area contributed by atoms with Crippen molar-refractivity contribution in [3.8, 4) is 17.2 Å². The standard InChI is InChI=1S/C21H16BrF3N4O7S/c22-10-4-5-15(30)16(7-10)37(34,35)29-14-9-11(36-21(23,24)25)8-12(18(14)31)20(33)28-17(19(26)32)13-3-1-2-6-27-13/h1-9,17,29-31H,(H2,26,32)(H,28,33). The fourth-order valence-electron chi connectivity index (χ4n) is 3.00. The van der Waals surface area contributed by atoms with Gasteiger partial charge in [-0.15, -0.1) is 13.2 Å². The van der Waals surface area contributed by atoms with Crippen LogP contribution in [0.4, 0.5) is 18.9 Å². The average Bonchev–Trinajstić information content (AvgIpc) is 2.80. The Morgan fingerprint density at radius 1 is 1.11 bits per heavy atom. The number of halogens is 4. The number of phenols is 2. The van der Waals surface area contributed by atoms with Crippen LogP contribution in [0.5, 0.6) is 17.2 Å². The molecule has 1 atom stereocenters. The van der Waals surface area contributed by atoms with Crippen LogP contribution in [-0.2, 0) is 14.8 Å². The maximum Gasteiger partial charge on any atom is 0.573 e. The molecule has 3 rings (SSSR count). The lowest BCUT2D eigenvalue weighted by Gasteiger charge is -2.18. The molecule has 0 aliphatic heterocycles. The zero-order valence-electron chi connectivity index (χ0n) is 18.2. The van der Waals surface area contributed by atoms with E-state index in [4.69, 9.17) is 5.73 Å². The van der Waals surface area contributed by atoms with E-state index in [1.807, 2.05) is 4.72 Å². The van der Waals surface area contributed by atoms with Crippen LogP contribution < -0.4 is 20.5 Å². The van der Waals surface area contributed by atoms with Gasteiger partial charge in [0.25, 0.3) is 15.9 Å². The Morgan fingerprint density at radius 2 is 1.81 bits per heavy atom. The molecule has 0 aliphatic carbocycles. The van der Waals surface area contributed by atoms with Crippen LogP contribution in [0, 0.1) is 0 Å². The Kier molecular flexibility index (Phi) is 7.83. The minimum absolute atomic E-state index is 0.0170. The fourth-order valence-corrected chi connectivity index (χ4v) is 4.69. The molecule has 3 aromatic rings. The summed E-state index contributed by atoms with van der Waals surface area (Å²) in [5.41, 5.74) is 3.48. The summed E-state index contributed by atoms with van der Waals surface area (Å²) in [5, 5.41) is 22.7. The van der Waals surface area contributed by atoms with Crippen LogP contribution in [-0.4, -0.2) is 41.8 Å². The van der Waals surface area contributed by atoms with Gasteiger partial charge in [0, 0.05) is 16.7 Å². The Labute approximate surface area is 215 Å².